The number of hydrazine groups is 1. The first kappa shape index (κ1) is 13.6. The molecule has 2 aromatic heterocycles. The quantitative estimate of drug-likeness (QED) is 0.814. The van der Waals surface area contributed by atoms with Gasteiger partial charge in [-0.2, -0.15) is 8.75 Å². The molecule has 2 aromatic rings. The summed E-state index contributed by atoms with van der Waals surface area (Å²) in [5.74, 6) is -0.824. The Hall–Kier alpha value is -1.87. The van der Waals surface area contributed by atoms with Crippen molar-refractivity contribution in [3.05, 3.63) is 29.0 Å². The van der Waals surface area contributed by atoms with Crippen LogP contribution in [0.2, 0.25) is 0 Å². The Balaban J connectivity index is 1.96. The number of carbonyl (C=O) groups is 2. The van der Waals surface area contributed by atoms with Crippen molar-refractivity contribution in [3.8, 4) is 0 Å². The third kappa shape index (κ3) is 2.93. The molecule has 0 atom stereocenters. The van der Waals surface area contributed by atoms with Gasteiger partial charge in [-0.3, -0.25) is 20.4 Å². The predicted octanol–water partition coefficient (Wildman–Crippen LogP) is 0.733. The van der Waals surface area contributed by atoms with Gasteiger partial charge in [-0.05, 0) is 31.4 Å². The maximum absolute atomic E-state index is 12.1. The molecule has 100 valence electrons. The van der Waals surface area contributed by atoms with E-state index in [1.54, 1.807) is 26.1 Å². The first-order valence-corrected chi connectivity index (χ1v) is 6.81. The van der Waals surface area contributed by atoms with E-state index in [1.165, 1.54) is 17.7 Å². The summed E-state index contributed by atoms with van der Waals surface area (Å²) in [5.41, 5.74) is 4.08. The SMILES string of the molecule is CC(C)(C(=O)NNC(=O)c1cnsn1)c1ccns1. The Labute approximate surface area is 117 Å². The van der Waals surface area contributed by atoms with E-state index in [2.05, 4.69) is 24.0 Å². The lowest BCUT2D eigenvalue weighted by molar-refractivity contribution is -0.126. The summed E-state index contributed by atoms with van der Waals surface area (Å²) in [6, 6.07) is 1.77. The van der Waals surface area contributed by atoms with Crippen LogP contribution < -0.4 is 10.9 Å². The molecule has 19 heavy (non-hydrogen) atoms. The Morgan fingerprint density at radius 2 is 2.05 bits per heavy atom. The lowest BCUT2D eigenvalue weighted by Gasteiger charge is -2.21. The summed E-state index contributed by atoms with van der Waals surface area (Å²) in [4.78, 5) is 24.5. The van der Waals surface area contributed by atoms with E-state index in [0.29, 0.717) is 0 Å². The number of carbonyl (C=O) groups excluding carboxylic acids is 2. The van der Waals surface area contributed by atoms with Crippen molar-refractivity contribution in [3.63, 3.8) is 0 Å². The molecule has 0 bridgehead atoms. The van der Waals surface area contributed by atoms with Gasteiger partial charge in [0.25, 0.3) is 5.91 Å². The fourth-order valence-corrected chi connectivity index (χ4v) is 2.34. The highest BCUT2D eigenvalue weighted by atomic mass is 32.1. The maximum Gasteiger partial charge on any atom is 0.291 e. The number of aromatic nitrogens is 3. The molecule has 2 rings (SSSR count). The minimum Gasteiger partial charge on any atom is -0.272 e. The van der Waals surface area contributed by atoms with Gasteiger partial charge in [0.05, 0.1) is 23.3 Å². The smallest absolute Gasteiger partial charge is 0.272 e. The molecular formula is C10H11N5O2S2. The molecule has 2 amide bonds. The number of hydrogen-bond donors (Lipinski definition) is 2. The Morgan fingerprint density at radius 3 is 2.63 bits per heavy atom. The van der Waals surface area contributed by atoms with Gasteiger partial charge in [-0.1, -0.05) is 0 Å². The van der Waals surface area contributed by atoms with Gasteiger partial charge in [0.1, 0.15) is 0 Å². The zero-order valence-corrected chi connectivity index (χ0v) is 11.8. The first-order chi connectivity index (χ1) is 9.01. The highest BCUT2D eigenvalue weighted by molar-refractivity contribution is 7.06. The van der Waals surface area contributed by atoms with E-state index in [1.807, 2.05) is 0 Å². The highest BCUT2D eigenvalue weighted by Gasteiger charge is 2.31. The molecule has 2 heterocycles. The third-order valence-corrected chi connectivity index (χ3v) is 4.05. The topological polar surface area (TPSA) is 96.9 Å². The zero-order chi connectivity index (χ0) is 13.9. The van der Waals surface area contributed by atoms with Gasteiger partial charge >= 0.3 is 0 Å². The summed E-state index contributed by atoms with van der Waals surface area (Å²) in [6.07, 6.45) is 2.97. The number of rotatable bonds is 3. The van der Waals surface area contributed by atoms with E-state index >= 15 is 0 Å². The van der Waals surface area contributed by atoms with Crippen molar-refractivity contribution in [1.82, 2.24) is 24.0 Å². The van der Waals surface area contributed by atoms with Crippen molar-refractivity contribution < 1.29 is 9.59 Å². The average molecular weight is 297 g/mol. The summed E-state index contributed by atoms with van der Waals surface area (Å²) >= 11 is 2.17. The molecule has 0 radical (unpaired) electrons. The standard InChI is InChI=1S/C10H11N5O2S2/c1-10(2,7-3-4-11-18-7)9(17)14-13-8(16)6-5-12-19-15-6/h3-5H,1-2H3,(H,13,16)(H,14,17). The van der Waals surface area contributed by atoms with Crippen LogP contribution in [0.4, 0.5) is 0 Å². The van der Waals surface area contributed by atoms with Crippen LogP contribution in [0.1, 0.15) is 29.2 Å². The van der Waals surface area contributed by atoms with Gasteiger partial charge in [0.15, 0.2) is 5.69 Å². The number of nitrogens with zero attached hydrogens (tertiary/aromatic N) is 3. The molecule has 0 aliphatic heterocycles. The summed E-state index contributed by atoms with van der Waals surface area (Å²) in [7, 11) is 0. The van der Waals surface area contributed by atoms with Crippen LogP contribution in [0.5, 0.6) is 0 Å². The van der Waals surface area contributed by atoms with Crippen LogP contribution >= 0.6 is 23.3 Å². The number of nitrogens with one attached hydrogen (secondary N) is 2. The predicted molar refractivity (Wildman–Crippen MR) is 70.7 cm³/mol. The number of amides is 2. The third-order valence-electron chi connectivity index (χ3n) is 2.50. The molecule has 0 unspecified atom stereocenters. The summed E-state index contributed by atoms with van der Waals surface area (Å²) in [5, 5.41) is 0. The Kier molecular flexibility index (Phi) is 3.86. The highest BCUT2D eigenvalue weighted by Crippen LogP contribution is 2.25. The molecule has 0 aromatic carbocycles. The summed E-state index contributed by atoms with van der Waals surface area (Å²) in [6.45, 7) is 3.51. The molecule has 9 heteroatoms. The second kappa shape index (κ2) is 5.41. The lowest BCUT2D eigenvalue weighted by Crippen LogP contribution is -2.49. The van der Waals surface area contributed by atoms with Crippen molar-refractivity contribution in [2.24, 2.45) is 0 Å². The molecule has 7 nitrogen and oxygen atoms in total. The van der Waals surface area contributed by atoms with Gasteiger partial charge < -0.3 is 0 Å². The molecule has 0 saturated heterocycles. The Bertz CT molecular complexity index is 565. The Morgan fingerprint density at radius 1 is 1.26 bits per heavy atom. The molecule has 0 aliphatic rings. The lowest BCUT2D eigenvalue weighted by atomic mass is 9.91. The van der Waals surface area contributed by atoms with Crippen LogP contribution in [0.25, 0.3) is 0 Å². The normalized spacial score (nSPS) is 11.1. The minimum atomic E-state index is -0.769. The van der Waals surface area contributed by atoms with E-state index in [-0.39, 0.29) is 11.6 Å². The second-order valence-corrected chi connectivity index (χ2v) is 5.59. The fraction of sp³-hybridized carbons (Fsp3) is 0.300. The van der Waals surface area contributed by atoms with Crippen molar-refractivity contribution >= 4 is 35.1 Å². The van der Waals surface area contributed by atoms with Crippen LogP contribution in [0.3, 0.4) is 0 Å². The monoisotopic (exact) mass is 297 g/mol. The van der Waals surface area contributed by atoms with Gasteiger partial charge in [-0.25, -0.2) is 4.37 Å². The molecule has 2 N–H and O–H groups in total. The van der Waals surface area contributed by atoms with Crippen LogP contribution in [0.15, 0.2) is 18.5 Å². The van der Waals surface area contributed by atoms with Crippen LogP contribution in [-0.2, 0) is 10.2 Å². The van der Waals surface area contributed by atoms with Crippen molar-refractivity contribution in [2.75, 3.05) is 0 Å². The van der Waals surface area contributed by atoms with E-state index in [9.17, 15) is 9.59 Å². The maximum atomic E-state index is 12.1. The molecule has 0 fully saturated rings. The van der Waals surface area contributed by atoms with Crippen molar-refractivity contribution in [2.45, 2.75) is 19.3 Å². The average Bonchev–Trinajstić information content (AvgIpc) is 3.06. The largest absolute Gasteiger partial charge is 0.291 e. The number of hydrogen-bond acceptors (Lipinski definition) is 7. The van der Waals surface area contributed by atoms with Crippen LogP contribution in [-0.4, -0.2) is 24.9 Å². The van der Waals surface area contributed by atoms with E-state index in [0.717, 1.165) is 16.6 Å². The van der Waals surface area contributed by atoms with Crippen LogP contribution in [0, 0.1) is 0 Å². The fourth-order valence-electron chi connectivity index (χ4n) is 1.25. The molecule has 0 saturated carbocycles. The first-order valence-electron chi connectivity index (χ1n) is 5.31. The van der Waals surface area contributed by atoms with E-state index < -0.39 is 11.3 Å². The minimum absolute atomic E-state index is 0.167. The second-order valence-electron chi connectivity index (χ2n) is 4.20. The van der Waals surface area contributed by atoms with Gasteiger partial charge in [0, 0.05) is 11.1 Å². The zero-order valence-electron chi connectivity index (χ0n) is 10.2. The molecule has 0 aliphatic carbocycles. The van der Waals surface area contributed by atoms with Gasteiger partial charge in [-0.15, -0.1) is 0 Å². The van der Waals surface area contributed by atoms with E-state index in [4.69, 9.17) is 0 Å². The molecule has 0 spiro atoms. The van der Waals surface area contributed by atoms with Gasteiger partial charge in [0.2, 0.25) is 5.91 Å². The van der Waals surface area contributed by atoms with Crippen molar-refractivity contribution in [1.29, 1.82) is 0 Å². The summed E-state index contributed by atoms with van der Waals surface area (Å²) < 4.78 is 11.4. The molecular weight excluding hydrogens is 286 g/mol.